The van der Waals surface area contributed by atoms with Gasteiger partial charge in [0.2, 0.25) is 0 Å². The van der Waals surface area contributed by atoms with Crippen LogP contribution in [0.1, 0.15) is 11.1 Å². The average molecular weight is 1020 g/mol. The maximum absolute atomic E-state index is 5.62. The maximum Gasteiger partial charge on any atom is 0.166 e. The molecule has 16 rings (SSSR count). The summed E-state index contributed by atoms with van der Waals surface area (Å²) in [6, 6.07) is 84.6. The van der Waals surface area contributed by atoms with Gasteiger partial charge in [-0.25, -0.2) is 15.0 Å². The highest BCUT2D eigenvalue weighted by Crippen LogP contribution is 2.48. The zero-order valence-corrected chi connectivity index (χ0v) is 42.9. The van der Waals surface area contributed by atoms with Crippen LogP contribution in [0.25, 0.3) is 141 Å². The van der Waals surface area contributed by atoms with Gasteiger partial charge in [-0.05, 0) is 84.3 Å². The summed E-state index contributed by atoms with van der Waals surface area (Å²) in [6.07, 6.45) is 2.72. The molecule has 0 N–H and O–H groups in total. The van der Waals surface area contributed by atoms with Gasteiger partial charge in [0.05, 0.1) is 27.8 Å². The molecule has 0 saturated heterocycles. The molecule has 0 amide bonds. The van der Waals surface area contributed by atoms with Crippen molar-refractivity contribution in [3.05, 3.63) is 254 Å². The Balaban J connectivity index is 0.967. The summed E-state index contributed by atoms with van der Waals surface area (Å²) >= 11 is 3.69. The van der Waals surface area contributed by atoms with Crippen LogP contribution in [0.5, 0.6) is 0 Å². The average Bonchev–Trinajstić information content (AvgIpc) is 4.31. The van der Waals surface area contributed by atoms with Crippen LogP contribution >= 0.6 is 22.7 Å². The lowest BCUT2D eigenvalue weighted by atomic mass is 9.95. The van der Waals surface area contributed by atoms with Gasteiger partial charge in [-0.1, -0.05) is 170 Å². The molecule has 0 atom stereocenters. The van der Waals surface area contributed by atoms with Crippen LogP contribution in [-0.4, -0.2) is 29.1 Å². The van der Waals surface area contributed by atoms with E-state index >= 15 is 0 Å². The Morgan fingerprint density at radius 3 is 1.39 bits per heavy atom. The van der Waals surface area contributed by atoms with Gasteiger partial charge in [0.25, 0.3) is 0 Å². The zero-order chi connectivity index (χ0) is 50.6. The van der Waals surface area contributed by atoms with E-state index in [4.69, 9.17) is 19.9 Å². The highest BCUT2D eigenvalue weighted by molar-refractivity contribution is 7.26. The Morgan fingerprint density at radius 1 is 0.351 bits per heavy atom. The summed E-state index contributed by atoms with van der Waals surface area (Å²) in [6.45, 7) is 0. The summed E-state index contributed by atoms with van der Waals surface area (Å²) in [7, 11) is 0. The minimum atomic E-state index is 0.565. The topological polar surface area (TPSA) is 61.4 Å². The van der Waals surface area contributed by atoms with Crippen molar-refractivity contribution in [2.24, 2.45) is 0 Å². The van der Waals surface area contributed by atoms with Gasteiger partial charge in [0.1, 0.15) is 0 Å². The van der Waals surface area contributed by atoms with E-state index in [9.17, 15) is 0 Å². The van der Waals surface area contributed by atoms with E-state index < -0.39 is 0 Å². The van der Waals surface area contributed by atoms with E-state index in [1.54, 1.807) is 0 Å². The summed E-state index contributed by atoms with van der Waals surface area (Å²) in [5.74, 6) is 1.77. The van der Waals surface area contributed by atoms with Crippen molar-refractivity contribution in [3.8, 4) is 56.8 Å². The standard InChI is InChI=1S/C69H42N6S2/c1-5-19-43(20-6-1)67-71-68(44-21-7-2-8-22-44)73-69(72-67)53-40-42(39-45-23-17-33-56-60(45)62-58(76-56)37-35-50-48-28-13-15-31-54(48)74(65(50)62)46-24-9-3-10-25-46)41-70-64(53)52-30-18-34-57-61(52)63-59(77-57)38-36-51-49-29-14-16-32-55(49)75(66(51)63)47-26-11-4-12-27-47/h1-38,40-41H,39H2. The smallest absolute Gasteiger partial charge is 0.166 e. The molecule has 10 aromatic carbocycles. The van der Waals surface area contributed by atoms with Gasteiger partial charge in [-0.15, -0.1) is 22.7 Å². The van der Waals surface area contributed by atoms with Gasteiger partial charge < -0.3 is 9.13 Å². The van der Waals surface area contributed by atoms with Crippen LogP contribution in [0.3, 0.4) is 0 Å². The lowest BCUT2D eigenvalue weighted by Gasteiger charge is -2.15. The molecule has 0 aliphatic heterocycles. The van der Waals surface area contributed by atoms with E-state index in [2.05, 4.69) is 216 Å². The Labute approximate surface area is 450 Å². The van der Waals surface area contributed by atoms with Crippen molar-refractivity contribution in [2.45, 2.75) is 6.42 Å². The van der Waals surface area contributed by atoms with E-state index in [1.165, 1.54) is 84.1 Å². The van der Waals surface area contributed by atoms with Crippen molar-refractivity contribution >= 4 is 107 Å². The Hall–Kier alpha value is -9.60. The SMILES string of the molecule is c1ccc(-c2nc(-c3ccccc3)nc(-c3cc(Cc4cccc5sc6ccc7c8ccccc8n(-c8ccccc8)c7c6c45)cnc3-c3cccc4sc5ccc6c7ccccc7n(-c7ccccc7)c6c5c34)n2)cc1. The second kappa shape index (κ2) is 17.5. The second-order valence-electron chi connectivity index (χ2n) is 19.7. The molecule has 6 heterocycles. The molecule has 0 bridgehead atoms. The van der Waals surface area contributed by atoms with Crippen LogP contribution in [0.15, 0.2) is 243 Å². The minimum Gasteiger partial charge on any atom is -0.309 e. The molecule has 0 aliphatic carbocycles. The second-order valence-corrected chi connectivity index (χ2v) is 21.8. The number of hydrogen-bond donors (Lipinski definition) is 0. The van der Waals surface area contributed by atoms with E-state index in [0.29, 0.717) is 23.9 Å². The number of aromatic nitrogens is 6. The van der Waals surface area contributed by atoms with Crippen molar-refractivity contribution in [1.82, 2.24) is 29.1 Å². The number of benzene rings is 10. The van der Waals surface area contributed by atoms with Gasteiger partial charge in [0, 0.05) is 102 Å². The minimum absolute atomic E-state index is 0.565. The first-order valence-electron chi connectivity index (χ1n) is 25.9. The summed E-state index contributed by atoms with van der Waals surface area (Å²) in [5.41, 5.74) is 13.8. The quantitative estimate of drug-likeness (QED) is 0.152. The number of thiophene rings is 2. The Morgan fingerprint density at radius 2 is 0.818 bits per heavy atom. The molecule has 6 aromatic heterocycles. The maximum atomic E-state index is 5.62. The lowest BCUT2D eigenvalue weighted by molar-refractivity contribution is 1.07. The number of nitrogens with zero attached hydrogens (tertiary/aromatic N) is 6. The zero-order valence-electron chi connectivity index (χ0n) is 41.3. The molecule has 6 nitrogen and oxygen atoms in total. The number of para-hydroxylation sites is 4. The van der Waals surface area contributed by atoms with Crippen LogP contribution in [0.4, 0.5) is 0 Å². The molecule has 0 radical (unpaired) electrons. The highest BCUT2D eigenvalue weighted by Gasteiger charge is 2.25. The largest absolute Gasteiger partial charge is 0.309 e. The van der Waals surface area contributed by atoms with Crippen LogP contribution in [0, 0.1) is 0 Å². The third-order valence-corrected chi connectivity index (χ3v) is 17.5. The molecular formula is C69H42N6S2. The normalized spacial score (nSPS) is 11.9. The van der Waals surface area contributed by atoms with Crippen molar-refractivity contribution in [1.29, 1.82) is 0 Å². The number of hydrogen-bond acceptors (Lipinski definition) is 6. The third kappa shape index (κ3) is 6.93. The van der Waals surface area contributed by atoms with Gasteiger partial charge in [-0.2, -0.15) is 0 Å². The number of pyridine rings is 1. The molecule has 0 fully saturated rings. The van der Waals surface area contributed by atoms with Crippen LogP contribution < -0.4 is 0 Å². The molecule has 0 spiro atoms. The fourth-order valence-electron chi connectivity index (χ4n) is 12.0. The summed E-state index contributed by atoms with van der Waals surface area (Å²) < 4.78 is 9.83. The first-order valence-corrected chi connectivity index (χ1v) is 27.5. The predicted molar refractivity (Wildman–Crippen MR) is 323 cm³/mol. The Kier molecular flexibility index (Phi) is 9.95. The van der Waals surface area contributed by atoms with Gasteiger partial charge in [-0.3, -0.25) is 4.98 Å². The molecule has 360 valence electrons. The fraction of sp³-hybridized carbons (Fsp3) is 0.0145. The number of fused-ring (bicyclic) bond motifs is 14. The summed E-state index contributed by atoms with van der Waals surface area (Å²) in [5, 5.41) is 9.83. The molecule has 16 aromatic rings. The van der Waals surface area contributed by atoms with E-state index in [0.717, 1.165) is 50.3 Å². The molecule has 0 aliphatic rings. The van der Waals surface area contributed by atoms with E-state index in [1.807, 2.05) is 59.1 Å². The molecule has 0 unspecified atom stereocenters. The molecule has 77 heavy (non-hydrogen) atoms. The molecular weight excluding hydrogens is 977 g/mol. The first-order chi connectivity index (χ1) is 38.2. The predicted octanol–water partition coefficient (Wildman–Crippen LogP) is 18.5. The van der Waals surface area contributed by atoms with Gasteiger partial charge in [0.15, 0.2) is 17.5 Å². The van der Waals surface area contributed by atoms with Crippen LogP contribution in [0.2, 0.25) is 0 Å². The van der Waals surface area contributed by atoms with Crippen molar-refractivity contribution in [3.63, 3.8) is 0 Å². The van der Waals surface area contributed by atoms with Gasteiger partial charge >= 0.3 is 0 Å². The lowest BCUT2D eigenvalue weighted by Crippen LogP contribution is -2.03. The monoisotopic (exact) mass is 1020 g/mol. The fourth-order valence-corrected chi connectivity index (χ4v) is 14.3. The first kappa shape index (κ1) is 43.8. The van der Waals surface area contributed by atoms with Crippen molar-refractivity contribution in [2.75, 3.05) is 0 Å². The highest BCUT2D eigenvalue weighted by atomic mass is 32.1. The Bertz CT molecular complexity index is 4940. The molecule has 8 heteroatoms. The van der Waals surface area contributed by atoms with Crippen molar-refractivity contribution < 1.29 is 0 Å². The molecule has 0 saturated carbocycles. The summed E-state index contributed by atoms with van der Waals surface area (Å²) in [4.78, 5) is 21.6. The van der Waals surface area contributed by atoms with Crippen LogP contribution in [-0.2, 0) is 6.42 Å². The third-order valence-electron chi connectivity index (χ3n) is 15.2. The van der Waals surface area contributed by atoms with E-state index in [-0.39, 0.29) is 0 Å². The number of rotatable bonds is 8.